The molecule has 0 saturated carbocycles. The van der Waals surface area contributed by atoms with Gasteiger partial charge in [0.2, 0.25) is 9.05 Å². The summed E-state index contributed by atoms with van der Waals surface area (Å²) in [4.78, 5) is 0. The maximum atomic E-state index is 12.4. The van der Waals surface area contributed by atoms with Crippen LogP contribution >= 0.6 is 10.7 Å². The second kappa shape index (κ2) is 4.02. The molecule has 1 aromatic rings. The lowest BCUT2D eigenvalue weighted by Gasteiger charge is -2.17. The lowest BCUT2D eigenvalue weighted by Crippen LogP contribution is -2.25. The Morgan fingerprint density at radius 1 is 1.13 bits per heavy atom. The van der Waals surface area contributed by atoms with Crippen molar-refractivity contribution in [3.8, 4) is 0 Å². The molecule has 0 heterocycles. The molecule has 0 saturated heterocycles. The van der Waals surface area contributed by atoms with Crippen LogP contribution in [-0.2, 0) is 9.05 Å². The molecular formula is C8H6ClF3O2S. The van der Waals surface area contributed by atoms with Crippen LogP contribution in [0.3, 0.4) is 0 Å². The Hall–Kier alpha value is -0.750. The highest BCUT2D eigenvalue weighted by Crippen LogP contribution is 2.40. The number of alkyl halides is 3. The van der Waals surface area contributed by atoms with E-state index in [2.05, 4.69) is 0 Å². The third-order valence-corrected chi connectivity index (χ3v) is 3.32. The van der Waals surface area contributed by atoms with Gasteiger partial charge in [0.25, 0.3) is 0 Å². The van der Waals surface area contributed by atoms with Crippen LogP contribution in [0.1, 0.15) is 10.8 Å². The van der Waals surface area contributed by atoms with Crippen molar-refractivity contribution in [1.29, 1.82) is 0 Å². The van der Waals surface area contributed by atoms with Gasteiger partial charge in [0.05, 0.1) is 0 Å². The highest BCUT2D eigenvalue weighted by Gasteiger charge is 2.49. The summed E-state index contributed by atoms with van der Waals surface area (Å²) in [5, 5.41) is -2.67. The molecule has 0 aliphatic heterocycles. The van der Waals surface area contributed by atoms with Gasteiger partial charge in [-0.3, -0.25) is 0 Å². The molecule has 0 aromatic heterocycles. The van der Waals surface area contributed by atoms with Gasteiger partial charge in [0.15, 0.2) is 5.25 Å². The van der Waals surface area contributed by atoms with E-state index >= 15 is 0 Å². The standard InChI is InChI=1S/C8H6ClF3O2S/c9-15(13,14)7(8(10,11)12)6-4-2-1-3-5-6/h1-5,7H. The monoisotopic (exact) mass is 258 g/mol. The molecule has 0 fully saturated rings. The quantitative estimate of drug-likeness (QED) is 0.765. The number of halogens is 4. The largest absolute Gasteiger partial charge is 0.410 e. The van der Waals surface area contributed by atoms with E-state index in [-0.39, 0.29) is 5.56 Å². The van der Waals surface area contributed by atoms with Crippen LogP contribution in [0.5, 0.6) is 0 Å². The van der Waals surface area contributed by atoms with Crippen molar-refractivity contribution in [3.05, 3.63) is 35.9 Å². The Morgan fingerprint density at radius 3 is 1.93 bits per heavy atom. The summed E-state index contributed by atoms with van der Waals surface area (Å²) < 4.78 is 59.0. The van der Waals surface area contributed by atoms with Crippen LogP contribution in [-0.4, -0.2) is 14.6 Å². The van der Waals surface area contributed by atoms with Crippen LogP contribution in [0.25, 0.3) is 0 Å². The third kappa shape index (κ3) is 3.10. The summed E-state index contributed by atoms with van der Waals surface area (Å²) in [6.07, 6.45) is -4.91. The molecule has 0 bridgehead atoms. The summed E-state index contributed by atoms with van der Waals surface area (Å²) in [5.41, 5.74) is -0.389. The fourth-order valence-electron chi connectivity index (χ4n) is 1.14. The van der Waals surface area contributed by atoms with Crippen LogP contribution in [0, 0.1) is 0 Å². The fraction of sp³-hybridized carbons (Fsp3) is 0.250. The first kappa shape index (κ1) is 12.3. The Bertz CT molecular complexity index is 427. The lowest BCUT2D eigenvalue weighted by atomic mass is 10.1. The second-order valence-corrected chi connectivity index (χ2v) is 5.52. The molecule has 7 heteroatoms. The van der Waals surface area contributed by atoms with Gasteiger partial charge in [0, 0.05) is 10.7 Å². The Morgan fingerprint density at radius 2 is 1.60 bits per heavy atom. The molecule has 1 aromatic carbocycles. The number of hydrogen-bond acceptors (Lipinski definition) is 2. The van der Waals surface area contributed by atoms with Crippen molar-refractivity contribution in [1.82, 2.24) is 0 Å². The van der Waals surface area contributed by atoms with E-state index in [1.807, 2.05) is 0 Å². The molecule has 0 aliphatic carbocycles. The number of benzene rings is 1. The Kier molecular flexibility index (Phi) is 3.30. The zero-order valence-electron chi connectivity index (χ0n) is 7.20. The van der Waals surface area contributed by atoms with E-state index < -0.39 is 20.5 Å². The maximum Gasteiger partial charge on any atom is 0.410 e. The minimum Gasteiger partial charge on any atom is -0.211 e. The van der Waals surface area contributed by atoms with E-state index in [4.69, 9.17) is 10.7 Å². The highest BCUT2D eigenvalue weighted by molar-refractivity contribution is 8.14. The normalized spacial score (nSPS) is 14.9. The van der Waals surface area contributed by atoms with E-state index in [0.717, 1.165) is 12.1 Å². The lowest BCUT2D eigenvalue weighted by molar-refractivity contribution is -0.131. The van der Waals surface area contributed by atoms with Gasteiger partial charge in [0.1, 0.15) is 0 Å². The molecule has 0 aliphatic rings. The molecule has 15 heavy (non-hydrogen) atoms. The first-order valence-corrected chi connectivity index (χ1v) is 6.15. The fourth-order valence-corrected chi connectivity index (χ4v) is 2.55. The van der Waals surface area contributed by atoms with Gasteiger partial charge in [-0.2, -0.15) is 13.2 Å². The number of rotatable bonds is 2. The third-order valence-electron chi connectivity index (χ3n) is 1.68. The van der Waals surface area contributed by atoms with Gasteiger partial charge >= 0.3 is 6.18 Å². The molecule has 0 N–H and O–H groups in total. The first-order valence-electron chi connectivity index (χ1n) is 3.78. The van der Waals surface area contributed by atoms with Gasteiger partial charge in [-0.25, -0.2) is 8.42 Å². The molecule has 0 radical (unpaired) electrons. The predicted molar refractivity (Wildman–Crippen MR) is 50.0 cm³/mol. The van der Waals surface area contributed by atoms with Crippen LogP contribution in [0.15, 0.2) is 30.3 Å². The average Bonchev–Trinajstić information content (AvgIpc) is 2.00. The van der Waals surface area contributed by atoms with Crippen molar-refractivity contribution in [2.24, 2.45) is 0 Å². The van der Waals surface area contributed by atoms with E-state index in [0.29, 0.717) is 0 Å². The molecular weight excluding hydrogens is 253 g/mol. The maximum absolute atomic E-state index is 12.4. The van der Waals surface area contributed by atoms with E-state index in [1.54, 1.807) is 0 Å². The summed E-state index contributed by atoms with van der Waals surface area (Å²) in [6, 6.07) is 6.25. The Balaban J connectivity index is 3.27. The summed E-state index contributed by atoms with van der Waals surface area (Å²) >= 11 is 0. The summed E-state index contributed by atoms with van der Waals surface area (Å²) in [7, 11) is 0.0421. The molecule has 2 nitrogen and oxygen atoms in total. The van der Waals surface area contributed by atoms with Gasteiger partial charge in [-0.05, 0) is 5.56 Å². The zero-order chi connectivity index (χ0) is 11.7. The van der Waals surface area contributed by atoms with Crippen LogP contribution in [0.4, 0.5) is 13.2 Å². The average molecular weight is 259 g/mol. The van der Waals surface area contributed by atoms with Crippen LogP contribution in [0.2, 0.25) is 0 Å². The van der Waals surface area contributed by atoms with E-state index in [9.17, 15) is 21.6 Å². The van der Waals surface area contributed by atoms with Crippen molar-refractivity contribution >= 4 is 19.7 Å². The van der Waals surface area contributed by atoms with Gasteiger partial charge in [-0.15, -0.1) is 0 Å². The molecule has 1 rings (SSSR count). The minimum atomic E-state index is -4.91. The molecule has 84 valence electrons. The van der Waals surface area contributed by atoms with Crippen LogP contribution < -0.4 is 0 Å². The highest BCUT2D eigenvalue weighted by atomic mass is 35.7. The zero-order valence-corrected chi connectivity index (χ0v) is 8.77. The second-order valence-electron chi connectivity index (χ2n) is 2.81. The van der Waals surface area contributed by atoms with E-state index in [1.165, 1.54) is 18.2 Å². The molecule has 1 atom stereocenters. The smallest absolute Gasteiger partial charge is 0.211 e. The number of hydrogen-bond donors (Lipinski definition) is 0. The van der Waals surface area contributed by atoms with Gasteiger partial charge in [-0.1, -0.05) is 30.3 Å². The minimum absolute atomic E-state index is 0.389. The first-order chi connectivity index (χ1) is 6.73. The Labute approximate surface area is 89.1 Å². The SMILES string of the molecule is O=S(=O)(Cl)C(c1ccccc1)C(F)(F)F. The predicted octanol–water partition coefficient (Wildman–Crippen LogP) is 2.86. The van der Waals surface area contributed by atoms with Crippen molar-refractivity contribution < 1.29 is 21.6 Å². The van der Waals surface area contributed by atoms with Crippen molar-refractivity contribution in [3.63, 3.8) is 0 Å². The molecule has 0 spiro atoms. The van der Waals surface area contributed by atoms with Crippen molar-refractivity contribution in [2.75, 3.05) is 0 Å². The molecule has 1 unspecified atom stereocenters. The van der Waals surface area contributed by atoms with Crippen molar-refractivity contribution in [2.45, 2.75) is 11.4 Å². The molecule has 0 amide bonds. The summed E-state index contributed by atoms with van der Waals surface area (Å²) in [5.74, 6) is 0. The topological polar surface area (TPSA) is 34.1 Å². The van der Waals surface area contributed by atoms with Gasteiger partial charge < -0.3 is 0 Å². The summed E-state index contributed by atoms with van der Waals surface area (Å²) in [6.45, 7) is 0.